The molecular weight excluding hydrogens is 468 g/mol. The SMILES string of the molecule is COc1ccc(C(C)NC(=O)c2ccc(Cl)c(S(=O)(=O)N3CC(C)OC(C)C3)c2)c(OC)c1. The Morgan fingerprint density at radius 1 is 1.12 bits per heavy atom. The number of carbonyl (C=O) groups excluding carboxylic acids is 1. The van der Waals surface area contributed by atoms with E-state index in [4.69, 9.17) is 25.8 Å². The first-order valence-electron chi connectivity index (χ1n) is 10.5. The Kier molecular flexibility index (Phi) is 7.89. The molecule has 0 aromatic heterocycles. The van der Waals surface area contributed by atoms with Gasteiger partial charge in [0.2, 0.25) is 10.0 Å². The predicted octanol–water partition coefficient (Wildman–Crippen LogP) is 3.65. The zero-order valence-corrected chi connectivity index (χ0v) is 20.9. The number of ether oxygens (including phenoxy) is 3. The molecule has 0 radical (unpaired) electrons. The number of benzene rings is 2. The molecular formula is C23H29ClN2O6S. The highest BCUT2D eigenvalue weighted by molar-refractivity contribution is 7.89. The van der Waals surface area contributed by atoms with Crippen molar-refractivity contribution in [3.63, 3.8) is 0 Å². The molecule has 1 aliphatic heterocycles. The number of morpholine rings is 1. The van der Waals surface area contributed by atoms with Gasteiger partial charge in [0.15, 0.2) is 0 Å². The summed E-state index contributed by atoms with van der Waals surface area (Å²) in [6, 6.07) is 9.15. The molecule has 0 saturated carbocycles. The van der Waals surface area contributed by atoms with Crippen LogP contribution in [0.2, 0.25) is 5.02 Å². The fraction of sp³-hybridized carbons (Fsp3) is 0.435. The number of nitrogens with zero attached hydrogens (tertiary/aromatic N) is 1. The van der Waals surface area contributed by atoms with Gasteiger partial charge >= 0.3 is 0 Å². The van der Waals surface area contributed by atoms with E-state index >= 15 is 0 Å². The van der Waals surface area contributed by atoms with Gasteiger partial charge in [-0.3, -0.25) is 4.79 Å². The number of carbonyl (C=O) groups is 1. The summed E-state index contributed by atoms with van der Waals surface area (Å²) in [5.41, 5.74) is 0.941. The van der Waals surface area contributed by atoms with Crippen LogP contribution in [-0.4, -0.2) is 58.1 Å². The molecule has 0 bridgehead atoms. The highest BCUT2D eigenvalue weighted by atomic mass is 35.5. The third kappa shape index (κ3) is 5.60. The van der Waals surface area contributed by atoms with Crippen molar-refractivity contribution >= 4 is 27.5 Å². The maximum Gasteiger partial charge on any atom is 0.251 e. The Bertz CT molecular complexity index is 1110. The average molecular weight is 497 g/mol. The molecule has 3 rings (SSSR count). The number of methoxy groups -OCH3 is 2. The third-order valence-corrected chi connectivity index (χ3v) is 7.77. The van der Waals surface area contributed by atoms with Gasteiger partial charge in [0, 0.05) is 30.3 Å². The summed E-state index contributed by atoms with van der Waals surface area (Å²) in [4.78, 5) is 12.9. The fourth-order valence-electron chi connectivity index (χ4n) is 3.84. The molecule has 3 unspecified atom stereocenters. The molecule has 1 fully saturated rings. The van der Waals surface area contributed by atoms with Gasteiger partial charge < -0.3 is 19.5 Å². The molecule has 1 heterocycles. The second-order valence-electron chi connectivity index (χ2n) is 8.03. The fourth-order valence-corrected chi connectivity index (χ4v) is 5.93. The first kappa shape index (κ1) is 25.3. The quantitative estimate of drug-likeness (QED) is 0.629. The van der Waals surface area contributed by atoms with Gasteiger partial charge in [0.05, 0.1) is 37.5 Å². The molecule has 2 aromatic rings. The summed E-state index contributed by atoms with van der Waals surface area (Å²) in [5, 5.41) is 2.94. The first-order chi connectivity index (χ1) is 15.6. The summed E-state index contributed by atoms with van der Waals surface area (Å²) >= 11 is 6.25. The summed E-state index contributed by atoms with van der Waals surface area (Å²) in [5.74, 6) is 0.766. The zero-order valence-electron chi connectivity index (χ0n) is 19.3. The summed E-state index contributed by atoms with van der Waals surface area (Å²) in [6.07, 6.45) is -0.483. The van der Waals surface area contributed by atoms with Crippen LogP contribution >= 0.6 is 11.6 Å². The Morgan fingerprint density at radius 2 is 1.79 bits per heavy atom. The molecule has 8 nitrogen and oxygen atoms in total. The Hall–Kier alpha value is -2.33. The van der Waals surface area contributed by atoms with Crippen LogP contribution in [0.1, 0.15) is 42.7 Å². The normalized spacial score (nSPS) is 20.2. The smallest absolute Gasteiger partial charge is 0.251 e. The summed E-state index contributed by atoms with van der Waals surface area (Å²) in [7, 11) is -0.808. The van der Waals surface area contributed by atoms with Crippen molar-refractivity contribution in [1.29, 1.82) is 0 Å². The predicted molar refractivity (Wildman–Crippen MR) is 126 cm³/mol. The van der Waals surface area contributed by atoms with Gasteiger partial charge in [-0.25, -0.2) is 8.42 Å². The molecule has 1 amide bonds. The number of amides is 1. The Labute approximate surface area is 199 Å². The van der Waals surface area contributed by atoms with Gasteiger partial charge in [0.25, 0.3) is 5.91 Å². The number of hydrogen-bond acceptors (Lipinski definition) is 6. The molecule has 1 N–H and O–H groups in total. The Morgan fingerprint density at radius 3 is 2.39 bits per heavy atom. The zero-order chi connectivity index (χ0) is 24.3. The minimum absolute atomic E-state index is 0.0585. The maximum absolute atomic E-state index is 13.3. The molecule has 2 aromatic carbocycles. The largest absolute Gasteiger partial charge is 0.497 e. The second kappa shape index (κ2) is 10.3. The van der Waals surface area contributed by atoms with Crippen molar-refractivity contribution < 1.29 is 27.4 Å². The number of halogens is 1. The molecule has 0 aliphatic carbocycles. The number of hydrogen-bond donors (Lipinski definition) is 1. The van der Waals surface area contributed by atoms with Gasteiger partial charge in [-0.05, 0) is 51.1 Å². The van der Waals surface area contributed by atoms with E-state index in [1.807, 2.05) is 20.8 Å². The number of sulfonamides is 1. The molecule has 3 atom stereocenters. The highest BCUT2D eigenvalue weighted by Gasteiger charge is 2.34. The highest BCUT2D eigenvalue weighted by Crippen LogP contribution is 2.31. The molecule has 1 aliphatic rings. The standard InChI is InChI=1S/C23H29ClN2O6S/c1-14-12-26(13-15(2)32-14)33(28,29)22-10-17(6-9-20(22)24)23(27)25-16(3)19-8-7-18(30-4)11-21(19)31-5/h6-11,14-16H,12-13H2,1-5H3,(H,25,27). The van der Waals surface area contributed by atoms with Crippen LogP contribution in [0.5, 0.6) is 11.5 Å². The van der Waals surface area contributed by atoms with Crippen LogP contribution in [0.4, 0.5) is 0 Å². The molecule has 180 valence electrons. The van der Waals surface area contributed by atoms with Crippen molar-refractivity contribution in [3.8, 4) is 11.5 Å². The molecule has 0 spiro atoms. The van der Waals surface area contributed by atoms with Gasteiger partial charge in [0.1, 0.15) is 16.4 Å². The van der Waals surface area contributed by atoms with E-state index in [0.29, 0.717) is 11.5 Å². The lowest BCUT2D eigenvalue weighted by Crippen LogP contribution is -2.48. The van der Waals surface area contributed by atoms with E-state index in [0.717, 1.165) is 5.56 Å². The summed E-state index contributed by atoms with van der Waals surface area (Å²) in [6.45, 7) is 5.88. The monoisotopic (exact) mass is 496 g/mol. The van der Waals surface area contributed by atoms with E-state index in [1.165, 1.54) is 29.6 Å². The van der Waals surface area contributed by atoms with Crippen LogP contribution in [0.3, 0.4) is 0 Å². The van der Waals surface area contributed by atoms with Gasteiger partial charge in [-0.1, -0.05) is 11.6 Å². The van der Waals surface area contributed by atoms with E-state index in [2.05, 4.69) is 5.32 Å². The van der Waals surface area contributed by atoms with E-state index in [9.17, 15) is 13.2 Å². The van der Waals surface area contributed by atoms with Crippen molar-refractivity contribution in [2.45, 2.75) is 43.9 Å². The van der Waals surface area contributed by atoms with Gasteiger partial charge in [-0.15, -0.1) is 0 Å². The lowest BCUT2D eigenvalue weighted by Gasteiger charge is -2.34. The van der Waals surface area contributed by atoms with E-state index in [1.54, 1.807) is 25.3 Å². The van der Waals surface area contributed by atoms with Gasteiger partial charge in [-0.2, -0.15) is 4.31 Å². The van der Waals surface area contributed by atoms with Crippen LogP contribution < -0.4 is 14.8 Å². The van der Waals surface area contributed by atoms with Crippen LogP contribution in [0, 0.1) is 0 Å². The topological polar surface area (TPSA) is 94.2 Å². The van der Waals surface area contributed by atoms with Crippen molar-refractivity contribution in [2.24, 2.45) is 0 Å². The maximum atomic E-state index is 13.3. The van der Waals surface area contributed by atoms with Crippen molar-refractivity contribution in [3.05, 3.63) is 52.5 Å². The van der Waals surface area contributed by atoms with Crippen LogP contribution in [0.25, 0.3) is 0 Å². The van der Waals surface area contributed by atoms with Crippen LogP contribution in [0.15, 0.2) is 41.3 Å². The van der Waals surface area contributed by atoms with E-state index in [-0.39, 0.29) is 40.8 Å². The molecule has 10 heteroatoms. The minimum atomic E-state index is -3.91. The molecule has 33 heavy (non-hydrogen) atoms. The number of rotatable bonds is 7. The lowest BCUT2D eigenvalue weighted by atomic mass is 10.1. The average Bonchev–Trinajstić information content (AvgIpc) is 2.77. The second-order valence-corrected chi connectivity index (χ2v) is 10.3. The first-order valence-corrected chi connectivity index (χ1v) is 12.4. The van der Waals surface area contributed by atoms with Crippen LogP contribution in [-0.2, 0) is 14.8 Å². The summed E-state index contributed by atoms with van der Waals surface area (Å²) < 4.78 is 44.2. The Balaban J connectivity index is 1.85. The van der Waals surface area contributed by atoms with E-state index < -0.39 is 22.0 Å². The molecule has 1 saturated heterocycles. The number of nitrogens with one attached hydrogen (secondary N) is 1. The minimum Gasteiger partial charge on any atom is -0.497 e. The lowest BCUT2D eigenvalue weighted by molar-refractivity contribution is -0.0440. The third-order valence-electron chi connectivity index (χ3n) is 5.45. The van der Waals surface area contributed by atoms with Crippen molar-refractivity contribution in [1.82, 2.24) is 9.62 Å². The van der Waals surface area contributed by atoms with Crippen molar-refractivity contribution in [2.75, 3.05) is 27.3 Å².